The number of aryl methyl sites for hydroxylation is 1. The van der Waals surface area contributed by atoms with Crippen LogP contribution in [0, 0.1) is 12.8 Å². The van der Waals surface area contributed by atoms with Crippen molar-refractivity contribution in [3.8, 4) is 0 Å². The van der Waals surface area contributed by atoms with Crippen LogP contribution in [0.5, 0.6) is 0 Å². The Kier molecular flexibility index (Phi) is 7.05. The number of aliphatic hydroxyl groups is 1. The predicted octanol–water partition coefficient (Wildman–Crippen LogP) is 1.59. The molecule has 0 spiro atoms. The summed E-state index contributed by atoms with van der Waals surface area (Å²) in [5.74, 6) is -0.146. The van der Waals surface area contributed by atoms with E-state index in [-0.39, 0.29) is 30.9 Å². The third-order valence-electron chi connectivity index (χ3n) is 3.51. The lowest BCUT2D eigenvalue weighted by Gasteiger charge is -2.25. The summed E-state index contributed by atoms with van der Waals surface area (Å²) in [5.41, 5.74) is 1.45. The number of hydrogen-bond donors (Lipinski definition) is 2. The minimum atomic E-state index is -0.580. The van der Waals surface area contributed by atoms with Crippen LogP contribution in [-0.2, 0) is 4.79 Å². The van der Waals surface area contributed by atoms with E-state index >= 15 is 0 Å². The van der Waals surface area contributed by atoms with Crippen molar-refractivity contribution >= 4 is 11.8 Å². The molecule has 2 amide bonds. The van der Waals surface area contributed by atoms with Crippen LogP contribution in [0.15, 0.2) is 24.3 Å². The summed E-state index contributed by atoms with van der Waals surface area (Å²) in [4.78, 5) is 26.3. The van der Waals surface area contributed by atoms with Gasteiger partial charge in [-0.05, 0) is 30.9 Å². The highest BCUT2D eigenvalue weighted by Gasteiger charge is 2.25. The van der Waals surface area contributed by atoms with Crippen LogP contribution in [0.2, 0.25) is 0 Å². The summed E-state index contributed by atoms with van der Waals surface area (Å²) in [7, 11) is 1.63. The second kappa shape index (κ2) is 8.54. The number of carbonyl (C=O) groups is 2. The van der Waals surface area contributed by atoms with Gasteiger partial charge in [-0.3, -0.25) is 9.59 Å². The molecule has 0 heterocycles. The highest BCUT2D eigenvalue weighted by atomic mass is 16.3. The lowest BCUT2D eigenvalue weighted by molar-refractivity contribution is -0.132. The maximum absolute atomic E-state index is 12.4. The van der Waals surface area contributed by atoms with Crippen LogP contribution >= 0.6 is 0 Å². The van der Waals surface area contributed by atoms with E-state index in [0.29, 0.717) is 12.0 Å². The summed E-state index contributed by atoms with van der Waals surface area (Å²) in [6.07, 6.45) is 0.562. The summed E-state index contributed by atoms with van der Waals surface area (Å²) in [6, 6.07) is 6.71. The summed E-state index contributed by atoms with van der Waals surface area (Å²) in [5, 5.41) is 11.8. The van der Waals surface area contributed by atoms with Crippen LogP contribution < -0.4 is 5.32 Å². The van der Waals surface area contributed by atoms with E-state index in [2.05, 4.69) is 5.32 Å². The Morgan fingerprint density at radius 1 is 1.27 bits per heavy atom. The van der Waals surface area contributed by atoms with E-state index in [0.717, 1.165) is 5.56 Å². The number of nitrogens with one attached hydrogen (secondary N) is 1. The first-order chi connectivity index (χ1) is 10.4. The van der Waals surface area contributed by atoms with Gasteiger partial charge in [-0.2, -0.15) is 0 Å². The van der Waals surface area contributed by atoms with Gasteiger partial charge in [0.05, 0.1) is 6.61 Å². The molecule has 0 aliphatic rings. The monoisotopic (exact) mass is 306 g/mol. The molecule has 0 fully saturated rings. The number of aliphatic hydroxyl groups excluding tert-OH is 1. The molecule has 0 saturated heterocycles. The molecule has 2 N–H and O–H groups in total. The SMILES string of the molecule is Cc1ccccc1C(=O)NC(CC(C)C)C(=O)N(C)CCO. The summed E-state index contributed by atoms with van der Waals surface area (Å²) < 4.78 is 0. The highest BCUT2D eigenvalue weighted by molar-refractivity contribution is 5.98. The number of likely N-dealkylation sites (N-methyl/N-ethyl adjacent to an activating group) is 1. The molecular formula is C17H26N2O3. The minimum Gasteiger partial charge on any atom is -0.395 e. The quantitative estimate of drug-likeness (QED) is 0.804. The number of amides is 2. The largest absolute Gasteiger partial charge is 0.395 e. The Hall–Kier alpha value is -1.88. The van der Waals surface area contributed by atoms with Crippen LogP contribution in [-0.4, -0.2) is 48.1 Å². The molecule has 0 aromatic heterocycles. The molecule has 1 aromatic carbocycles. The molecule has 0 radical (unpaired) electrons. The lowest BCUT2D eigenvalue weighted by Crippen LogP contribution is -2.48. The van der Waals surface area contributed by atoms with E-state index in [1.165, 1.54) is 4.90 Å². The molecule has 1 aromatic rings. The number of benzene rings is 1. The van der Waals surface area contributed by atoms with E-state index < -0.39 is 6.04 Å². The van der Waals surface area contributed by atoms with E-state index in [4.69, 9.17) is 5.11 Å². The summed E-state index contributed by atoms with van der Waals surface area (Å²) in [6.45, 7) is 6.04. The number of carbonyl (C=O) groups excluding carboxylic acids is 2. The average molecular weight is 306 g/mol. The fourth-order valence-electron chi connectivity index (χ4n) is 2.28. The van der Waals surface area contributed by atoms with Gasteiger partial charge < -0.3 is 15.3 Å². The first kappa shape index (κ1) is 18.2. The van der Waals surface area contributed by atoms with Gasteiger partial charge in [0, 0.05) is 19.2 Å². The Bertz CT molecular complexity index is 514. The maximum atomic E-state index is 12.4. The lowest BCUT2D eigenvalue weighted by atomic mass is 10.0. The Morgan fingerprint density at radius 3 is 2.45 bits per heavy atom. The molecule has 0 aliphatic carbocycles. The molecule has 5 heteroatoms. The zero-order valence-corrected chi connectivity index (χ0v) is 13.8. The number of nitrogens with zero attached hydrogens (tertiary/aromatic N) is 1. The Labute approximate surface area is 132 Å². The van der Waals surface area contributed by atoms with Crippen molar-refractivity contribution in [1.29, 1.82) is 0 Å². The average Bonchev–Trinajstić information content (AvgIpc) is 2.45. The second-order valence-corrected chi connectivity index (χ2v) is 5.95. The van der Waals surface area contributed by atoms with Crippen LogP contribution in [0.4, 0.5) is 0 Å². The molecule has 122 valence electrons. The smallest absolute Gasteiger partial charge is 0.252 e. The van der Waals surface area contributed by atoms with Gasteiger partial charge >= 0.3 is 0 Å². The summed E-state index contributed by atoms with van der Waals surface area (Å²) >= 11 is 0. The topological polar surface area (TPSA) is 69.6 Å². The van der Waals surface area contributed by atoms with E-state index in [1.54, 1.807) is 19.2 Å². The van der Waals surface area contributed by atoms with Crippen molar-refractivity contribution in [3.05, 3.63) is 35.4 Å². The maximum Gasteiger partial charge on any atom is 0.252 e. The number of rotatable bonds is 7. The van der Waals surface area contributed by atoms with E-state index in [9.17, 15) is 9.59 Å². The Morgan fingerprint density at radius 2 is 1.91 bits per heavy atom. The normalized spacial score (nSPS) is 12.1. The van der Waals surface area contributed by atoms with Crippen LogP contribution in [0.3, 0.4) is 0 Å². The number of hydrogen-bond acceptors (Lipinski definition) is 3. The van der Waals surface area contributed by atoms with Crippen molar-refractivity contribution in [2.75, 3.05) is 20.2 Å². The molecule has 5 nitrogen and oxygen atoms in total. The molecule has 0 saturated carbocycles. The van der Waals surface area contributed by atoms with Gasteiger partial charge in [0.25, 0.3) is 5.91 Å². The Balaban J connectivity index is 2.87. The molecular weight excluding hydrogens is 280 g/mol. The molecule has 0 bridgehead atoms. The zero-order chi connectivity index (χ0) is 16.7. The predicted molar refractivity (Wildman–Crippen MR) is 86.6 cm³/mol. The van der Waals surface area contributed by atoms with Gasteiger partial charge in [-0.1, -0.05) is 32.0 Å². The van der Waals surface area contributed by atoms with Gasteiger partial charge in [0.1, 0.15) is 6.04 Å². The first-order valence-electron chi connectivity index (χ1n) is 7.59. The molecule has 0 aliphatic heterocycles. The second-order valence-electron chi connectivity index (χ2n) is 5.95. The molecule has 22 heavy (non-hydrogen) atoms. The van der Waals surface area contributed by atoms with Crippen LogP contribution in [0.1, 0.15) is 36.2 Å². The zero-order valence-electron chi connectivity index (χ0n) is 13.8. The van der Waals surface area contributed by atoms with Gasteiger partial charge in [-0.15, -0.1) is 0 Å². The van der Waals surface area contributed by atoms with Crippen molar-refractivity contribution in [2.45, 2.75) is 33.2 Å². The van der Waals surface area contributed by atoms with Gasteiger partial charge in [0.15, 0.2) is 0 Å². The molecule has 1 atom stereocenters. The van der Waals surface area contributed by atoms with Crippen LogP contribution in [0.25, 0.3) is 0 Å². The van der Waals surface area contributed by atoms with Gasteiger partial charge in [0.2, 0.25) is 5.91 Å². The highest BCUT2D eigenvalue weighted by Crippen LogP contribution is 2.11. The minimum absolute atomic E-state index is 0.0949. The van der Waals surface area contributed by atoms with Gasteiger partial charge in [-0.25, -0.2) is 0 Å². The van der Waals surface area contributed by atoms with Crippen molar-refractivity contribution in [1.82, 2.24) is 10.2 Å². The van der Waals surface area contributed by atoms with Crippen molar-refractivity contribution in [3.63, 3.8) is 0 Å². The molecule has 1 rings (SSSR count). The fraction of sp³-hybridized carbons (Fsp3) is 0.529. The fourth-order valence-corrected chi connectivity index (χ4v) is 2.28. The molecule has 1 unspecified atom stereocenters. The van der Waals surface area contributed by atoms with E-state index in [1.807, 2.05) is 32.9 Å². The first-order valence-corrected chi connectivity index (χ1v) is 7.59. The third-order valence-corrected chi connectivity index (χ3v) is 3.51. The third kappa shape index (κ3) is 5.15. The standard InChI is InChI=1S/C17H26N2O3/c1-12(2)11-15(17(22)19(4)9-10-20)18-16(21)14-8-6-5-7-13(14)3/h5-8,12,15,20H,9-11H2,1-4H3,(H,18,21). The van der Waals surface area contributed by atoms with Crippen molar-refractivity contribution in [2.24, 2.45) is 5.92 Å². The van der Waals surface area contributed by atoms with Crippen molar-refractivity contribution < 1.29 is 14.7 Å².